The number of nitrogens with zero attached hydrogens (tertiary/aromatic N) is 5. The topological polar surface area (TPSA) is 73.0 Å². The molecule has 1 aliphatic heterocycles. The number of rotatable bonds is 4. The van der Waals surface area contributed by atoms with Crippen molar-refractivity contribution in [2.24, 2.45) is 13.0 Å². The second-order valence-electron chi connectivity index (χ2n) is 6.25. The van der Waals surface area contributed by atoms with Crippen LogP contribution in [0.3, 0.4) is 0 Å². The average Bonchev–Trinajstić information content (AvgIpc) is 2.96. The predicted molar refractivity (Wildman–Crippen MR) is 87.0 cm³/mol. The van der Waals surface area contributed by atoms with Crippen molar-refractivity contribution in [1.82, 2.24) is 24.2 Å². The van der Waals surface area contributed by atoms with Crippen molar-refractivity contribution in [3.63, 3.8) is 0 Å². The summed E-state index contributed by atoms with van der Waals surface area (Å²) in [5.74, 6) is 0.741. The molecule has 0 N–H and O–H groups in total. The van der Waals surface area contributed by atoms with Crippen LogP contribution >= 0.6 is 0 Å². The van der Waals surface area contributed by atoms with E-state index in [9.17, 15) is 9.59 Å². The molecule has 1 saturated heterocycles. The number of likely N-dealkylation sites (tertiary alicyclic amines) is 1. The van der Waals surface area contributed by atoms with Crippen LogP contribution in [-0.4, -0.2) is 43.2 Å². The highest BCUT2D eigenvalue weighted by molar-refractivity contribution is 5.76. The summed E-state index contributed by atoms with van der Waals surface area (Å²) in [6.07, 6.45) is 6.77. The first kappa shape index (κ1) is 15.7. The molecule has 0 radical (unpaired) electrons. The SMILES string of the molecule is CC[C@H]1CCCN(C(=O)CCn2cnc3c(cnn3C)c2=O)C1. The van der Waals surface area contributed by atoms with Crippen LogP contribution in [-0.2, 0) is 18.4 Å². The van der Waals surface area contributed by atoms with Crippen molar-refractivity contribution >= 4 is 16.9 Å². The van der Waals surface area contributed by atoms with E-state index in [0.29, 0.717) is 29.9 Å². The van der Waals surface area contributed by atoms with Crippen molar-refractivity contribution < 1.29 is 4.79 Å². The van der Waals surface area contributed by atoms with E-state index in [-0.39, 0.29) is 11.5 Å². The minimum Gasteiger partial charge on any atom is -0.342 e. The van der Waals surface area contributed by atoms with Crippen molar-refractivity contribution in [2.75, 3.05) is 13.1 Å². The summed E-state index contributed by atoms with van der Waals surface area (Å²) in [6, 6.07) is 0. The smallest absolute Gasteiger partial charge is 0.264 e. The number of hydrogen-bond donors (Lipinski definition) is 0. The number of carbonyl (C=O) groups is 1. The normalized spacial score (nSPS) is 18.5. The minimum atomic E-state index is -0.138. The van der Waals surface area contributed by atoms with E-state index in [1.54, 1.807) is 11.7 Å². The lowest BCUT2D eigenvalue weighted by Gasteiger charge is -2.32. The van der Waals surface area contributed by atoms with Crippen LogP contribution in [0.25, 0.3) is 11.0 Å². The third-order valence-corrected chi connectivity index (χ3v) is 4.73. The fraction of sp³-hybridized carbons (Fsp3) is 0.625. The summed E-state index contributed by atoms with van der Waals surface area (Å²) in [7, 11) is 1.75. The molecule has 0 unspecified atom stereocenters. The van der Waals surface area contributed by atoms with Gasteiger partial charge in [-0.25, -0.2) is 4.98 Å². The van der Waals surface area contributed by atoms with Crippen LogP contribution in [0.4, 0.5) is 0 Å². The average molecular weight is 317 g/mol. The summed E-state index contributed by atoms with van der Waals surface area (Å²) < 4.78 is 3.08. The lowest BCUT2D eigenvalue weighted by molar-refractivity contribution is -0.133. The maximum Gasteiger partial charge on any atom is 0.264 e. The highest BCUT2D eigenvalue weighted by Crippen LogP contribution is 2.19. The molecule has 1 aliphatic rings. The molecule has 1 amide bonds. The van der Waals surface area contributed by atoms with Gasteiger partial charge in [-0.1, -0.05) is 13.3 Å². The summed E-state index contributed by atoms with van der Waals surface area (Å²) in [5.41, 5.74) is 0.431. The van der Waals surface area contributed by atoms with Gasteiger partial charge in [0.15, 0.2) is 5.65 Å². The molecular formula is C16H23N5O2. The molecular weight excluding hydrogens is 294 g/mol. The molecule has 0 spiro atoms. The Morgan fingerprint density at radius 3 is 3.04 bits per heavy atom. The first-order valence-corrected chi connectivity index (χ1v) is 8.25. The van der Waals surface area contributed by atoms with Crippen molar-refractivity contribution in [2.45, 2.75) is 39.2 Å². The third kappa shape index (κ3) is 3.13. The number of carbonyl (C=O) groups excluding carboxylic acids is 1. The summed E-state index contributed by atoms with van der Waals surface area (Å²) in [5, 5.41) is 4.54. The Morgan fingerprint density at radius 2 is 2.26 bits per heavy atom. The van der Waals surface area contributed by atoms with Gasteiger partial charge in [0.05, 0.1) is 12.5 Å². The van der Waals surface area contributed by atoms with Crippen molar-refractivity contribution in [3.8, 4) is 0 Å². The zero-order valence-electron chi connectivity index (χ0n) is 13.7. The number of aryl methyl sites for hydroxylation is 2. The molecule has 0 aromatic carbocycles. The Kier molecular flexibility index (Phi) is 4.45. The molecule has 2 aromatic rings. The summed E-state index contributed by atoms with van der Waals surface area (Å²) in [4.78, 5) is 31.0. The van der Waals surface area contributed by atoms with Gasteiger partial charge in [0, 0.05) is 33.1 Å². The van der Waals surface area contributed by atoms with Gasteiger partial charge in [0.2, 0.25) is 5.91 Å². The number of amides is 1. The Hall–Kier alpha value is -2.18. The Labute approximate surface area is 134 Å². The van der Waals surface area contributed by atoms with Gasteiger partial charge < -0.3 is 4.90 Å². The fourth-order valence-electron chi connectivity index (χ4n) is 3.22. The zero-order chi connectivity index (χ0) is 16.4. The molecule has 3 heterocycles. The van der Waals surface area contributed by atoms with E-state index in [2.05, 4.69) is 17.0 Å². The molecule has 7 heteroatoms. The van der Waals surface area contributed by atoms with E-state index < -0.39 is 0 Å². The number of aromatic nitrogens is 4. The predicted octanol–water partition coefficient (Wildman–Crippen LogP) is 1.17. The maximum absolute atomic E-state index is 12.4. The lowest BCUT2D eigenvalue weighted by Crippen LogP contribution is -2.40. The summed E-state index contributed by atoms with van der Waals surface area (Å²) >= 11 is 0. The quantitative estimate of drug-likeness (QED) is 0.848. The Bertz CT molecular complexity index is 763. The second kappa shape index (κ2) is 6.52. The molecule has 1 fully saturated rings. The molecule has 124 valence electrons. The van der Waals surface area contributed by atoms with E-state index in [1.807, 2.05) is 4.90 Å². The van der Waals surface area contributed by atoms with Gasteiger partial charge in [0.25, 0.3) is 5.56 Å². The van der Waals surface area contributed by atoms with Gasteiger partial charge in [-0.15, -0.1) is 0 Å². The van der Waals surface area contributed by atoms with Crippen LogP contribution in [0.5, 0.6) is 0 Å². The third-order valence-electron chi connectivity index (χ3n) is 4.73. The molecule has 0 saturated carbocycles. The van der Waals surface area contributed by atoms with Crippen LogP contribution < -0.4 is 5.56 Å². The lowest BCUT2D eigenvalue weighted by atomic mass is 9.95. The van der Waals surface area contributed by atoms with Gasteiger partial charge in [-0.3, -0.25) is 18.8 Å². The number of fused-ring (bicyclic) bond motifs is 1. The van der Waals surface area contributed by atoms with Crippen LogP contribution in [0.1, 0.15) is 32.6 Å². The molecule has 0 bridgehead atoms. The van der Waals surface area contributed by atoms with Gasteiger partial charge in [-0.2, -0.15) is 5.10 Å². The minimum absolute atomic E-state index is 0.126. The Balaban J connectivity index is 1.67. The van der Waals surface area contributed by atoms with E-state index in [4.69, 9.17) is 0 Å². The monoisotopic (exact) mass is 317 g/mol. The van der Waals surface area contributed by atoms with Gasteiger partial charge in [-0.05, 0) is 18.8 Å². The highest BCUT2D eigenvalue weighted by Gasteiger charge is 2.22. The molecule has 1 atom stereocenters. The maximum atomic E-state index is 12.4. The second-order valence-corrected chi connectivity index (χ2v) is 6.25. The molecule has 0 aliphatic carbocycles. The van der Waals surface area contributed by atoms with Gasteiger partial charge >= 0.3 is 0 Å². The zero-order valence-corrected chi connectivity index (χ0v) is 13.7. The van der Waals surface area contributed by atoms with Crippen molar-refractivity contribution in [3.05, 3.63) is 22.9 Å². The van der Waals surface area contributed by atoms with E-state index in [1.165, 1.54) is 23.5 Å². The molecule has 7 nitrogen and oxygen atoms in total. The standard InChI is InChI=1S/C16H23N5O2/c1-3-12-5-4-7-20(10-12)14(22)6-8-21-11-17-15-13(16(21)23)9-18-19(15)2/h9,11-12H,3-8,10H2,1-2H3/t12-/m0/s1. The fourth-order valence-corrected chi connectivity index (χ4v) is 3.22. The number of piperidine rings is 1. The van der Waals surface area contributed by atoms with E-state index in [0.717, 1.165) is 25.9 Å². The Morgan fingerprint density at radius 1 is 1.43 bits per heavy atom. The number of hydrogen-bond acceptors (Lipinski definition) is 4. The first-order chi connectivity index (χ1) is 11.1. The molecule has 2 aromatic heterocycles. The molecule has 3 rings (SSSR count). The molecule has 23 heavy (non-hydrogen) atoms. The van der Waals surface area contributed by atoms with Crippen LogP contribution in [0, 0.1) is 5.92 Å². The highest BCUT2D eigenvalue weighted by atomic mass is 16.2. The van der Waals surface area contributed by atoms with Crippen LogP contribution in [0.15, 0.2) is 17.3 Å². The first-order valence-electron chi connectivity index (χ1n) is 8.25. The van der Waals surface area contributed by atoms with Gasteiger partial charge in [0.1, 0.15) is 5.39 Å². The van der Waals surface area contributed by atoms with Crippen LogP contribution in [0.2, 0.25) is 0 Å². The van der Waals surface area contributed by atoms with Crippen molar-refractivity contribution in [1.29, 1.82) is 0 Å². The van der Waals surface area contributed by atoms with E-state index >= 15 is 0 Å². The largest absolute Gasteiger partial charge is 0.342 e. The summed E-state index contributed by atoms with van der Waals surface area (Å²) in [6.45, 7) is 4.23.